The molecule has 0 heterocycles. The Bertz CT molecular complexity index is 520. The Kier molecular flexibility index (Phi) is 8.68. The fourth-order valence-corrected chi connectivity index (χ4v) is 1.78. The largest absolute Gasteiger partial charge is 0.465 e. The van der Waals surface area contributed by atoms with E-state index >= 15 is 0 Å². The topological polar surface area (TPSA) is 64.6 Å². The van der Waals surface area contributed by atoms with Gasteiger partial charge in [0.05, 0.1) is 12.7 Å². The first-order valence-corrected chi connectivity index (χ1v) is 7.75. The quantitative estimate of drug-likeness (QED) is 0.432. The highest BCUT2D eigenvalue weighted by Gasteiger charge is 2.03. The van der Waals surface area contributed by atoms with Gasteiger partial charge in [0.1, 0.15) is 0 Å². The van der Waals surface area contributed by atoms with Crippen LogP contribution in [0.2, 0.25) is 0 Å². The number of carbonyl (C=O) groups is 2. The molecular weight excluding hydrogens is 294 g/mol. The number of ether oxygens (including phenoxy) is 2. The summed E-state index contributed by atoms with van der Waals surface area (Å²) in [5.74, 6) is 0.00181. The van der Waals surface area contributed by atoms with Gasteiger partial charge in [-0.05, 0) is 36.1 Å². The smallest absolute Gasteiger partial charge is 0.337 e. The number of carbonyl (C=O) groups excluding carboxylic acids is 2. The van der Waals surface area contributed by atoms with E-state index in [0.717, 1.165) is 18.6 Å². The number of rotatable bonds is 9. The Labute approximate surface area is 137 Å². The van der Waals surface area contributed by atoms with E-state index in [9.17, 15) is 9.59 Å². The van der Waals surface area contributed by atoms with Crippen molar-refractivity contribution in [3.05, 3.63) is 41.5 Å². The second kappa shape index (κ2) is 10.6. The molecule has 0 aliphatic carbocycles. The highest BCUT2D eigenvalue weighted by atomic mass is 16.5. The predicted molar refractivity (Wildman–Crippen MR) is 90.1 cm³/mol. The molecule has 0 aliphatic heterocycles. The Hall–Kier alpha value is -2.14. The third kappa shape index (κ3) is 8.16. The van der Waals surface area contributed by atoms with Crippen LogP contribution >= 0.6 is 0 Å². The Morgan fingerprint density at radius 2 is 1.91 bits per heavy atom. The standard InChI is InChI=1S/C18H25NO4/c1-14(2)13-23-12-4-11-19-17(20)10-7-15-5-8-16(9-6-15)18(21)22-3/h5-10,14H,4,11-13H2,1-3H3,(H,19,20)/b10-7+. The molecule has 0 spiro atoms. The maximum absolute atomic E-state index is 11.7. The molecule has 0 aromatic heterocycles. The van der Waals surface area contributed by atoms with Gasteiger partial charge in [-0.2, -0.15) is 0 Å². The summed E-state index contributed by atoms with van der Waals surface area (Å²) in [5.41, 5.74) is 1.32. The minimum absolute atomic E-state index is 0.147. The Balaban J connectivity index is 2.28. The molecule has 126 valence electrons. The maximum Gasteiger partial charge on any atom is 0.337 e. The van der Waals surface area contributed by atoms with Crippen LogP contribution in [0, 0.1) is 5.92 Å². The molecule has 0 aliphatic rings. The molecule has 0 radical (unpaired) electrons. The van der Waals surface area contributed by atoms with Crippen LogP contribution in [-0.4, -0.2) is 38.7 Å². The van der Waals surface area contributed by atoms with Crippen molar-refractivity contribution < 1.29 is 19.1 Å². The lowest BCUT2D eigenvalue weighted by Gasteiger charge is -2.06. The fraction of sp³-hybridized carbons (Fsp3) is 0.444. The first-order valence-electron chi connectivity index (χ1n) is 7.75. The minimum atomic E-state index is -0.377. The zero-order chi connectivity index (χ0) is 17.1. The second-order valence-electron chi connectivity index (χ2n) is 5.56. The van der Waals surface area contributed by atoms with Crippen molar-refractivity contribution in [3.63, 3.8) is 0 Å². The molecular formula is C18H25NO4. The Morgan fingerprint density at radius 1 is 1.22 bits per heavy atom. The fourth-order valence-electron chi connectivity index (χ4n) is 1.78. The molecule has 5 heteroatoms. The summed E-state index contributed by atoms with van der Waals surface area (Å²) in [6, 6.07) is 6.84. The first kappa shape index (κ1) is 18.9. The van der Waals surface area contributed by atoms with E-state index in [-0.39, 0.29) is 11.9 Å². The number of methoxy groups -OCH3 is 1. The van der Waals surface area contributed by atoms with Gasteiger partial charge in [-0.1, -0.05) is 26.0 Å². The second-order valence-corrected chi connectivity index (χ2v) is 5.56. The molecule has 1 amide bonds. The number of esters is 1. The molecule has 1 aromatic rings. The van der Waals surface area contributed by atoms with Gasteiger partial charge in [0.15, 0.2) is 0 Å². The summed E-state index contributed by atoms with van der Waals surface area (Å²) < 4.78 is 10.1. The van der Waals surface area contributed by atoms with Crippen LogP contribution in [0.25, 0.3) is 6.08 Å². The molecule has 0 fully saturated rings. The van der Waals surface area contributed by atoms with E-state index in [2.05, 4.69) is 23.9 Å². The monoisotopic (exact) mass is 319 g/mol. The van der Waals surface area contributed by atoms with E-state index in [1.165, 1.54) is 13.2 Å². The molecule has 0 bridgehead atoms. The molecule has 1 aromatic carbocycles. The van der Waals surface area contributed by atoms with Crippen LogP contribution in [0.1, 0.15) is 36.2 Å². The SMILES string of the molecule is COC(=O)c1ccc(/C=C/C(=O)NCCCOCC(C)C)cc1. The predicted octanol–water partition coefficient (Wildman–Crippen LogP) is 2.67. The average Bonchev–Trinajstić information content (AvgIpc) is 2.55. The van der Waals surface area contributed by atoms with E-state index in [1.807, 2.05) is 0 Å². The first-order chi connectivity index (χ1) is 11.0. The molecule has 0 atom stereocenters. The van der Waals surface area contributed by atoms with Crippen LogP contribution in [0.5, 0.6) is 0 Å². The summed E-state index contributed by atoms with van der Waals surface area (Å²) in [6.07, 6.45) is 3.97. The third-order valence-corrected chi connectivity index (χ3v) is 2.97. The van der Waals surface area contributed by atoms with Gasteiger partial charge >= 0.3 is 5.97 Å². The molecule has 0 unspecified atom stereocenters. The van der Waals surface area contributed by atoms with Crippen molar-refractivity contribution >= 4 is 18.0 Å². The summed E-state index contributed by atoms with van der Waals surface area (Å²) in [4.78, 5) is 23.0. The zero-order valence-corrected chi connectivity index (χ0v) is 14.0. The summed E-state index contributed by atoms with van der Waals surface area (Å²) in [7, 11) is 1.34. The summed E-state index contributed by atoms with van der Waals surface area (Å²) >= 11 is 0. The van der Waals surface area contributed by atoms with Crippen molar-refractivity contribution in [2.75, 3.05) is 26.9 Å². The minimum Gasteiger partial charge on any atom is -0.465 e. The maximum atomic E-state index is 11.7. The molecule has 0 saturated carbocycles. The van der Waals surface area contributed by atoms with Gasteiger partial charge in [-0.3, -0.25) is 4.79 Å². The highest BCUT2D eigenvalue weighted by Crippen LogP contribution is 2.07. The third-order valence-electron chi connectivity index (χ3n) is 2.97. The van der Waals surface area contributed by atoms with Gasteiger partial charge in [-0.15, -0.1) is 0 Å². The van der Waals surface area contributed by atoms with E-state index in [1.54, 1.807) is 30.3 Å². The number of hydrogen-bond acceptors (Lipinski definition) is 4. The lowest BCUT2D eigenvalue weighted by atomic mass is 10.1. The van der Waals surface area contributed by atoms with E-state index in [0.29, 0.717) is 24.6 Å². The van der Waals surface area contributed by atoms with Gasteiger partial charge in [0.2, 0.25) is 5.91 Å². The van der Waals surface area contributed by atoms with Crippen molar-refractivity contribution in [1.82, 2.24) is 5.32 Å². The molecule has 5 nitrogen and oxygen atoms in total. The van der Waals surface area contributed by atoms with Gasteiger partial charge in [-0.25, -0.2) is 4.79 Å². The van der Waals surface area contributed by atoms with Crippen LogP contribution in [0.4, 0.5) is 0 Å². The summed E-state index contributed by atoms with van der Waals surface area (Å²) in [5, 5.41) is 2.80. The van der Waals surface area contributed by atoms with Crippen molar-refractivity contribution in [2.24, 2.45) is 5.92 Å². The molecule has 23 heavy (non-hydrogen) atoms. The van der Waals surface area contributed by atoms with Crippen LogP contribution in [-0.2, 0) is 14.3 Å². The molecule has 1 rings (SSSR count). The van der Waals surface area contributed by atoms with Crippen molar-refractivity contribution in [2.45, 2.75) is 20.3 Å². The molecule has 1 N–H and O–H groups in total. The number of amides is 1. The average molecular weight is 319 g/mol. The zero-order valence-electron chi connectivity index (χ0n) is 14.0. The Morgan fingerprint density at radius 3 is 2.52 bits per heavy atom. The van der Waals surface area contributed by atoms with Crippen LogP contribution in [0.3, 0.4) is 0 Å². The van der Waals surface area contributed by atoms with Gasteiger partial charge < -0.3 is 14.8 Å². The van der Waals surface area contributed by atoms with E-state index < -0.39 is 0 Å². The van der Waals surface area contributed by atoms with Crippen molar-refractivity contribution in [1.29, 1.82) is 0 Å². The van der Waals surface area contributed by atoms with Crippen LogP contribution < -0.4 is 5.32 Å². The highest BCUT2D eigenvalue weighted by molar-refractivity contribution is 5.92. The van der Waals surface area contributed by atoms with E-state index in [4.69, 9.17) is 4.74 Å². The number of nitrogens with one attached hydrogen (secondary N) is 1. The molecule has 0 saturated heterocycles. The lowest BCUT2D eigenvalue weighted by Crippen LogP contribution is -2.23. The number of benzene rings is 1. The van der Waals surface area contributed by atoms with Crippen LogP contribution in [0.15, 0.2) is 30.3 Å². The lowest BCUT2D eigenvalue weighted by molar-refractivity contribution is -0.116. The number of hydrogen-bond donors (Lipinski definition) is 1. The summed E-state index contributed by atoms with van der Waals surface area (Å²) in [6.45, 7) is 6.18. The van der Waals surface area contributed by atoms with Gasteiger partial charge in [0.25, 0.3) is 0 Å². The van der Waals surface area contributed by atoms with Gasteiger partial charge in [0, 0.05) is 25.8 Å². The van der Waals surface area contributed by atoms with Crippen molar-refractivity contribution in [3.8, 4) is 0 Å². The normalized spacial score (nSPS) is 11.0.